The Labute approximate surface area is 239 Å². The number of carbonyl (C=O) groups is 2. The van der Waals surface area contributed by atoms with Gasteiger partial charge in [0.1, 0.15) is 5.69 Å². The van der Waals surface area contributed by atoms with E-state index in [1.54, 1.807) is 9.80 Å². The molecule has 0 radical (unpaired) electrons. The van der Waals surface area contributed by atoms with Gasteiger partial charge in [0.25, 0.3) is 5.91 Å². The van der Waals surface area contributed by atoms with Crippen LogP contribution >= 0.6 is 11.6 Å². The Morgan fingerprint density at radius 1 is 1.10 bits per heavy atom. The van der Waals surface area contributed by atoms with E-state index >= 15 is 0 Å². The van der Waals surface area contributed by atoms with Crippen LogP contribution in [0.4, 0.5) is 18.9 Å². The van der Waals surface area contributed by atoms with Crippen LogP contribution in [0.3, 0.4) is 0 Å². The first-order valence-corrected chi connectivity index (χ1v) is 14.0. The summed E-state index contributed by atoms with van der Waals surface area (Å²) in [6.45, 7) is 0.800. The second-order valence-corrected chi connectivity index (χ2v) is 10.9. The van der Waals surface area contributed by atoms with E-state index in [1.807, 2.05) is 4.68 Å². The van der Waals surface area contributed by atoms with Crippen molar-refractivity contribution in [1.29, 1.82) is 0 Å². The van der Waals surface area contributed by atoms with Gasteiger partial charge in [-0.05, 0) is 42.5 Å². The molecule has 0 bridgehead atoms. The number of anilines is 1. The van der Waals surface area contributed by atoms with Crippen LogP contribution in [0.15, 0.2) is 48.1 Å². The minimum absolute atomic E-state index is 0.121. The van der Waals surface area contributed by atoms with Gasteiger partial charge >= 0.3 is 6.18 Å². The lowest BCUT2D eigenvalue weighted by Crippen LogP contribution is -2.46. The number of nitrogen functional groups attached to an aromatic ring is 1. The number of alkyl halides is 3. The summed E-state index contributed by atoms with van der Waals surface area (Å²) in [4.78, 5) is 33.2. The van der Waals surface area contributed by atoms with Crippen LogP contribution in [0.25, 0.3) is 5.69 Å². The summed E-state index contributed by atoms with van der Waals surface area (Å²) in [5.74, 6) is -0.247. The Kier molecular flexibility index (Phi) is 7.01. The second-order valence-electron chi connectivity index (χ2n) is 10.7. The molecule has 6 rings (SSSR count). The molecule has 0 saturated heterocycles. The number of carbonyl (C=O) groups excluding carboxylic acids is 2. The van der Waals surface area contributed by atoms with Crippen LogP contribution < -0.4 is 5.73 Å². The number of halogens is 4. The summed E-state index contributed by atoms with van der Waals surface area (Å²) in [7, 11) is 0. The number of nitrogens with two attached hydrogens (primary N) is 1. The van der Waals surface area contributed by atoms with Crippen molar-refractivity contribution in [3.63, 3.8) is 0 Å². The topological polar surface area (TPSA) is 97.3 Å². The van der Waals surface area contributed by atoms with Crippen LogP contribution in [0, 0.1) is 0 Å². The van der Waals surface area contributed by atoms with Gasteiger partial charge in [-0.3, -0.25) is 14.6 Å². The summed E-state index contributed by atoms with van der Waals surface area (Å²) in [5.41, 5.74) is 10.3. The van der Waals surface area contributed by atoms with E-state index < -0.39 is 23.8 Å². The lowest BCUT2D eigenvalue weighted by atomic mass is 9.80. The largest absolute Gasteiger partial charge is 0.433 e. The van der Waals surface area contributed by atoms with E-state index in [2.05, 4.69) is 29.2 Å². The quantitative estimate of drug-likeness (QED) is 0.435. The van der Waals surface area contributed by atoms with Crippen LogP contribution in [0.1, 0.15) is 69.8 Å². The lowest BCUT2D eigenvalue weighted by Gasteiger charge is -2.38. The van der Waals surface area contributed by atoms with Gasteiger partial charge in [-0.2, -0.15) is 18.3 Å². The highest BCUT2D eigenvalue weighted by Gasteiger charge is 2.41. The van der Waals surface area contributed by atoms with Gasteiger partial charge in [0, 0.05) is 61.5 Å². The molecule has 41 heavy (non-hydrogen) atoms. The molecular weight excluding hydrogens is 557 g/mol. The van der Waals surface area contributed by atoms with Crippen molar-refractivity contribution in [1.82, 2.24) is 24.6 Å². The van der Waals surface area contributed by atoms with E-state index in [1.165, 1.54) is 30.9 Å². The predicted molar refractivity (Wildman–Crippen MR) is 147 cm³/mol. The van der Waals surface area contributed by atoms with Gasteiger partial charge in [-0.25, -0.2) is 4.68 Å². The molecule has 1 aliphatic carbocycles. The van der Waals surface area contributed by atoms with E-state index in [0.29, 0.717) is 31.4 Å². The SMILES string of the molecule is Nc1cc(C(F)(F)F)ncc1C(=O)N1CCc2c3c(nn2-c2ccc(C4CCC4)cc2)CCN(C(=O)/C=C\Cl)C[C@@H]31. The average molecular weight is 585 g/mol. The van der Waals surface area contributed by atoms with Crippen molar-refractivity contribution in [2.75, 3.05) is 25.4 Å². The molecule has 3 aliphatic rings. The van der Waals surface area contributed by atoms with Gasteiger partial charge in [-0.15, -0.1) is 0 Å². The Bertz CT molecular complexity index is 1530. The van der Waals surface area contributed by atoms with Crippen molar-refractivity contribution < 1.29 is 22.8 Å². The summed E-state index contributed by atoms with van der Waals surface area (Å²) in [5, 5.41) is 4.95. The van der Waals surface area contributed by atoms with Gasteiger partial charge in [-0.1, -0.05) is 30.2 Å². The molecule has 12 heteroatoms. The zero-order chi connectivity index (χ0) is 28.9. The van der Waals surface area contributed by atoms with Crippen LogP contribution in [0.2, 0.25) is 0 Å². The molecule has 1 aromatic carbocycles. The number of amides is 2. The summed E-state index contributed by atoms with van der Waals surface area (Å²) in [6, 6.07) is 8.52. The van der Waals surface area contributed by atoms with Crippen LogP contribution in [0.5, 0.6) is 0 Å². The Morgan fingerprint density at radius 3 is 2.49 bits per heavy atom. The summed E-state index contributed by atoms with van der Waals surface area (Å²) in [6.07, 6.45) is 2.06. The van der Waals surface area contributed by atoms with Crippen molar-refractivity contribution >= 4 is 29.1 Å². The van der Waals surface area contributed by atoms with Crippen LogP contribution in [-0.2, 0) is 23.8 Å². The van der Waals surface area contributed by atoms with Crippen molar-refractivity contribution in [2.45, 2.75) is 50.2 Å². The molecule has 2 aromatic heterocycles. The highest BCUT2D eigenvalue weighted by Crippen LogP contribution is 2.40. The summed E-state index contributed by atoms with van der Waals surface area (Å²) >= 11 is 5.68. The first kappa shape index (κ1) is 27.3. The standard InChI is InChI=1S/C29H28ClF3N6O2/c30-11-8-26(40)37-12-9-22-27-23(39(36-22)19-6-4-18(5-7-19)17-2-1-3-17)10-13-38(24(27)16-37)28(41)20-15-35-25(14-21(20)34)29(31,32)33/h4-8,11,14-15,17,24H,1-3,9-10,12-13,16H2,(H2,34,35)/b11-8-/t24-/m0/s1. The predicted octanol–water partition coefficient (Wildman–Crippen LogP) is 5.01. The third kappa shape index (κ3) is 4.96. The smallest absolute Gasteiger partial charge is 0.398 e. The van der Waals surface area contributed by atoms with Gasteiger partial charge in [0.05, 0.1) is 28.7 Å². The average Bonchev–Trinajstić information content (AvgIpc) is 3.17. The van der Waals surface area contributed by atoms with E-state index in [4.69, 9.17) is 22.4 Å². The number of benzene rings is 1. The third-order valence-corrected chi connectivity index (χ3v) is 8.48. The molecule has 0 unspecified atom stereocenters. The van der Waals surface area contributed by atoms with Crippen molar-refractivity contribution in [3.05, 3.63) is 81.9 Å². The fourth-order valence-electron chi connectivity index (χ4n) is 6.00. The molecule has 2 aliphatic heterocycles. The number of pyridine rings is 1. The number of hydrogen-bond acceptors (Lipinski definition) is 5. The Hall–Kier alpha value is -3.86. The maximum Gasteiger partial charge on any atom is 0.433 e. The molecule has 2 N–H and O–H groups in total. The van der Waals surface area contributed by atoms with E-state index in [0.717, 1.165) is 34.4 Å². The molecular formula is C29H28ClF3N6O2. The molecule has 8 nitrogen and oxygen atoms in total. The maximum absolute atomic E-state index is 13.8. The fraction of sp³-hybridized carbons (Fsp3) is 0.379. The van der Waals surface area contributed by atoms with Crippen molar-refractivity contribution in [3.8, 4) is 5.69 Å². The van der Waals surface area contributed by atoms with Crippen molar-refractivity contribution in [2.24, 2.45) is 0 Å². The molecule has 1 saturated carbocycles. The molecule has 214 valence electrons. The fourth-order valence-corrected chi connectivity index (χ4v) is 6.11. The van der Waals surface area contributed by atoms with Gasteiger partial charge in [0.15, 0.2) is 0 Å². The number of rotatable bonds is 4. The summed E-state index contributed by atoms with van der Waals surface area (Å²) < 4.78 is 41.4. The highest BCUT2D eigenvalue weighted by molar-refractivity contribution is 6.26. The third-order valence-electron chi connectivity index (χ3n) is 8.36. The first-order valence-electron chi connectivity index (χ1n) is 13.6. The number of nitrogens with zero attached hydrogens (tertiary/aromatic N) is 5. The van der Waals surface area contributed by atoms with E-state index in [9.17, 15) is 22.8 Å². The molecule has 1 atom stereocenters. The van der Waals surface area contributed by atoms with Crippen LogP contribution in [-0.4, -0.2) is 56.0 Å². The molecule has 4 heterocycles. The van der Waals surface area contributed by atoms with Gasteiger partial charge in [0.2, 0.25) is 5.91 Å². The molecule has 3 aromatic rings. The Balaban J connectivity index is 1.38. The zero-order valence-corrected chi connectivity index (χ0v) is 22.8. The number of hydrogen-bond donors (Lipinski definition) is 1. The molecule has 1 fully saturated rings. The molecule has 0 spiro atoms. The van der Waals surface area contributed by atoms with Gasteiger partial charge < -0.3 is 15.5 Å². The lowest BCUT2D eigenvalue weighted by molar-refractivity contribution is -0.141. The monoisotopic (exact) mass is 584 g/mol. The minimum atomic E-state index is -4.69. The highest BCUT2D eigenvalue weighted by atomic mass is 35.5. The number of aromatic nitrogens is 3. The maximum atomic E-state index is 13.8. The molecule has 2 amide bonds. The zero-order valence-electron chi connectivity index (χ0n) is 22.1. The normalized spacial score (nSPS) is 19.2. The Morgan fingerprint density at radius 2 is 1.85 bits per heavy atom. The first-order chi connectivity index (χ1) is 19.7. The minimum Gasteiger partial charge on any atom is -0.398 e. The van der Waals surface area contributed by atoms with E-state index in [-0.39, 0.29) is 30.2 Å². The second kappa shape index (κ2) is 10.5.